The lowest BCUT2D eigenvalue weighted by Crippen LogP contribution is -2.26. The minimum absolute atomic E-state index is 0.208. The summed E-state index contributed by atoms with van der Waals surface area (Å²) in [5.74, 6) is 2.59. The predicted octanol–water partition coefficient (Wildman–Crippen LogP) is 2.80. The summed E-state index contributed by atoms with van der Waals surface area (Å²) >= 11 is 0. The van der Waals surface area contributed by atoms with Crippen LogP contribution in [0.15, 0.2) is 18.2 Å². The zero-order chi connectivity index (χ0) is 21.1. The number of carbonyl (C=O) groups is 1. The van der Waals surface area contributed by atoms with Crippen molar-refractivity contribution in [3.8, 4) is 5.75 Å². The van der Waals surface area contributed by atoms with Crippen LogP contribution in [0.1, 0.15) is 25.6 Å². The number of nitrogens with one attached hydrogen (secondary N) is 1. The maximum atomic E-state index is 10.5. The highest BCUT2D eigenvalue weighted by atomic mass is 16.5. The number of ether oxygens (including phenoxy) is 2. The van der Waals surface area contributed by atoms with Crippen molar-refractivity contribution in [3.63, 3.8) is 0 Å². The monoisotopic (exact) mass is 413 g/mol. The Balaban J connectivity index is 1.69. The number of aryl methyl sites for hydroxylation is 1. The molecule has 1 fully saturated rings. The molecule has 0 unspecified atom stereocenters. The van der Waals surface area contributed by atoms with E-state index in [9.17, 15) is 4.79 Å². The second-order valence-corrected chi connectivity index (χ2v) is 7.50. The predicted molar refractivity (Wildman–Crippen MR) is 114 cm³/mol. The number of anilines is 1. The van der Waals surface area contributed by atoms with Crippen LogP contribution in [0.25, 0.3) is 21.9 Å². The van der Waals surface area contributed by atoms with Gasteiger partial charge in [0.1, 0.15) is 23.7 Å². The Morgan fingerprint density at radius 2 is 2.17 bits per heavy atom. The second-order valence-electron chi connectivity index (χ2n) is 7.50. The molecule has 2 aromatic heterocycles. The summed E-state index contributed by atoms with van der Waals surface area (Å²) in [6.07, 6.45) is 1.84. The molecule has 9 heteroatoms. The summed E-state index contributed by atoms with van der Waals surface area (Å²) in [6.45, 7) is 5.05. The van der Waals surface area contributed by atoms with Crippen LogP contribution in [-0.4, -0.2) is 52.1 Å². The van der Waals surface area contributed by atoms with Gasteiger partial charge in [0.25, 0.3) is 0 Å². The zero-order valence-corrected chi connectivity index (χ0v) is 17.1. The fraction of sp³-hybridized carbons (Fsp3) is 0.476. The summed E-state index contributed by atoms with van der Waals surface area (Å²) in [6, 6.07) is 5.69. The lowest BCUT2D eigenvalue weighted by atomic mass is 10.00. The maximum Gasteiger partial charge on any atom is 0.404 e. The number of nitrogen functional groups attached to an aromatic ring is 1. The third-order valence-electron chi connectivity index (χ3n) is 5.50. The average Bonchev–Trinajstić information content (AvgIpc) is 3.11. The van der Waals surface area contributed by atoms with E-state index >= 15 is 0 Å². The number of nitrogens with two attached hydrogens (primary N) is 1. The fourth-order valence-electron chi connectivity index (χ4n) is 4.01. The number of carboxylic acid groups (broad SMARTS) is 1. The SMILES string of the molecule is CCc1nc2c(N)nc3cc(OCCNC(=O)O)ccc3c2n1CC1CCOCC1. The van der Waals surface area contributed by atoms with Crippen molar-refractivity contribution < 1.29 is 19.4 Å². The Hall–Kier alpha value is -3.07. The third kappa shape index (κ3) is 4.11. The van der Waals surface area contributed by atoms with Crippen molar-refractivity contribution in [3.05, 3.63) is 24.0 Å². The third-order valence-corrected chi connectivity index (χ3v) is 5.50. The Kier molecular flexibility index (Phi) is 5.89. The molecule has 0 atom stereocenters. The van der Waals surface area contributed by atoms with Crippen molar-refractivity contribution in [1.82, 2.24) is 19.9 Å². The molecule has 9 nitrogen and oxygen atoms in total. The number of aromatic nitrogens is 3. The largest absolute Gasteiger partial charge is 0.492 e. The van der Waals surface area contributed by atoms with Gasteiger partial charge < -0.3 is 30.2 Å². The lowest BCUT2D eigenvalue weighted by Gasteiger charge is -2.23. The Morgan fingerprint density at radius 1 is 1.37 bits per heavy atom. The summed E-state index contributed by atoms with van der Waals surface area (Å²) in [5.41, 5.74) is 8.77. The van der Waals surface area contributed by atoms with E-state index in [4.69, 9.17) is 25.3 Å². The van der Waals surface area contributed by atoms with Gasteiger partial charge in [0.15, 0.2) is 5.82 Å². The molecule has 1 aromatic carbocycles. The van der Waals surface area contributed by atoms with Crippen molar-refractivity contribution in [2.75, 3.05) is 32.1 Å². The minimum atomic E-state index is -1.07. The van der Waals surface area contributed by atoms with Crippen LogP contribution in [0.3, 0.4) is 0 Å². The van der Waals surface area contributed by atoms with E-state index in [1.54, 1.807) is 0 Å². The first-order valence-corrected chi connectivity index (χ1v) is 10.3. The van der Waals surface area contributed by atoms with E-state index < -0.39 is 6.09 Å². The van der Waals surface area contributed by atoms with Crippen LogP contribution in [0.5, 0.6) is 5.75 Å². The lowest BCUT2D eigenvalue weighted by molar-refractivity contribution is 0.0614. The normalized spacial score (nSPS) is 15.0. The first kappa shape index (κ1) is 20.2. The van der Waals surface area contributed by atoms with E-state index in [1.807, 2.05) is 18.2 Å². The molecule has 0 radical (unpaired) electrons. The second kappa shape index (κ2) is 8.74. The maximum absolute atomic E-state index is 10.5. The van der Waals surface area contributed by atoms with Crippen LogP contribution in [0.2, 0.25) is 0 Å². The number of benzene rings is 1. The van der Waals surface area contributed by atoms with Gasteiger partial charge in [0.05, 0.1) is 17.6 Å². The molecule has 0 aliphatic carbocycles. The van der Waals surface area contributed by atoms with Crippen LogP contribution in [0.4, 0.5) is 10.6 Å². The van der Waals surface area contributed by atoms with Gasteiger partial charge in [0.2, 0.25) is 0 Å². The van der Waals surface area contributed by atoms with Gasteiger partial charge in [-0.15, -0.1) is 0 Å². The first-order valence-electron chi connectivity index (χ1n) is 10.3. The topological polar surface area (TPSA) is 125 Å². The van der Waals surface area contributed by atoms with Crippen molar-refractivity contribution in [1.29, 1.82) is 0 Å². The fourth-order valence-corrected chi connectivity index (χ4v) is 4.01. The molecule has 1 aliphatic rings. The number of pyridine rings is 1. The van der Waals surface area contributed by atoms with Crippen LogP contribution >= 0.6 is 0 Å². The van der Waals surface area contributed by atoms with Gasteiger partial charge >= 0.3 is 6.09 Å². The molecule has 3 aromatic rings. The van der Waals surface area contributed by atoms with Crippen molar-refractivity contribution >= 4 is 33.8 Å². The van der Waals surface area contributed by atoms with Gasteiger partial charge in [-0.1, -0.05) is 6.92 Å². The highest BCUT2D eigenvalue weighted by Gasteiger charge is 2.21. The van der Waals surface area contributed by atoms with Crippen molar-refractivity contribution in [2.45, 2.75) is 32.7 Å². The van der Waals surface area contributed by atoms with E-state index in [0.29, 0.717) is 17.5 Å². The first-order chi connectivity index (χ1) is 14.6. The molecule has 1 amide bonds. The molecule has 4 rings (SSSR count). The summed E-state index contributed by atoms with van der Waals surface area (Å²) in [7, 11) is 0. The van der Waals surface area contributed by atoms with Gasteiger partial charge in [0, 0.05) is 37.6 Å². The number of nitrogens with zero attached hydrogens (tertiary/aromatic N) is 3. The summed E-state index contributed by atoms with van der Waals surface area (Å²) < 4.78 is 13.5. The molecule has 1 saturated heterocycles. The standard InChI is InChI=1S/C21H27N5O4/c1-2-17-25-18-19(26(17)12-13-5-8-29-9-6-13)15-4-3-14(11-16(15)24-20(18)22)30-10-7-23-21(27)28/h3-4,11,13,23H,2,5-10,12H2,1H3,(H2,22,24)(H,27,28). The zero-order valence-electron chi connectivity index (χ0n) is 17.1. The highest BCUT2D eigenvalue weighted by molar-refractivity contribution is 6.06. The molecular weight excluding hydrogens is 386 g/mol. The molecule has 0 bridgehead atoms. The van der Waals surface area contributed by atoms with Crippen LogP contribution < -0.4 is 15.8 Å². The molecule has 160 valence electrons. The molecule has 0 saturated carbocycles. The Labute approximate surface area is 174 Å². The highest BCUT2D eigenvalue weighted by Crippen LogP contribution is 2.32. The van der Waals surface area contributed by atoms with Gasteiger partial charge in [-0.05, 0) is 30.9 Å². The number of imidazole rings is 1. The Morgan fingerprint density at radius 3 is 2.90 bits per heavy atom. The minimum Gasteiger partial charge on any atom is -0.492 e. The molecular formula is C21H27N5O4. The number of fused-ring (bicyclic) bond motifs is 3. The van der Waals surface area contributed by atoms with E-state index in [-0.39, 0.29) is 13.2 Å². The molecule has 0 spiro atoms. The molecule has 4 N–H and O–H groups in total. The summed E-state index contributed by atoms with van der Waals surface area (Å²) in [5, 5.41) is 11.9. The van der Waals surface area contributed by atoms with Crippen LogP contribution in [-0.2, 0) is 17.7 Å². The van der Waals surface area contributed by atoms with E-state index in [0.717, 1.165) is 66.8 Å². The summed E-state index contributed by atoms with van der Waals surface area (Å²) in [4.78, 5) is 19.9. The van der Waals surface area contributed by atoms with Gasteiger partial charge in [-0.25, -0.2) is 14.8 Å². The average molecular weight is 413 g/mol. The Bertz CT molecular complexity index is 1060. The van der Waals surface area contributed by atoms with E-state index in [2.05, 4.69) is 21.8 Å². The van der Waals surface area contributed by atoms with Gasteiger partial charge in [-0.2, -0.15) is 0 Å². The number of amides is 1. The molecule has 1 aliphatic heterocycles. The number of rotatable bonds is 7. The van der Waals surface area contributed by atoms with Crippen molar-refractivity contribution in [2.24, 2.45) is 5.92 Å². The number of hydrogen-bond donors (Lipinski definition) is 3. The van der Waals surface area contributed by atoms with E-state index in [1.165, 1.54) is 0 Å². The van der Waals surface area contributed by atoms with Gasteiger partial charge in [-0.3, -0.25) is 0 Å². The molecule has 3 heterocycles. The van der Waals surface area contributed by atoms with Crippen LogP contribution in [0, 0.1) is 5.92 Å². The molecule has 30 heavy (non-hydrogen) atoms. The number of hydrogen-bond acceptors (Lipinski definition) is 6. The smallest absolute Gasteiger partial charge is 0.404 e. The quantitative estimate of drug-likeness (QED) is 0.509.